The largest absolute Gasteiger partial charge is 0.352 e. The van der Waals surface area contributed by atoms with E-state index in [1.165, 1.54) is 4.31 Å². The average Bonchev–Trinajstić information content (AvgIpc) is 2.77. The molecule has 0 aromatic heterocycles. The summed E-state index contributed by atoms with van der Waals surface area (Å²) in [4.78, 5) is 27.8. The van der Waals surface area contributed by atoms with Crippen molar-refractivity contribution in [2.45, 2.75) is 58.7 Å². The second-order valence-electron chi connectivity index (χ2n) is 8.65. The van der Waals surface area contributed by atoms with Crippen molar-refractivity contribution in [2.75, 3.05) is 17.1 Å². The standard InChI is InChI=1S/C25H33Cl2N3O4S/c1-5-23(25(32)28-18(2)3)29(17-19-8-10-20(26)11-9-19)24(31)7-6-16-30(35(4,33)34)22-14-12-21(27)13-15-22/h8-15,18,23H,5-7,16-17H2,1-4H3,(H,28,32)/t23-/m1/s1. The van der Waals surface area contributed by atoms with Gasteiger partial charge in [-0.25, -0.2) is 8.42 Å². The van der Waals surface area contributed by atoms with Crippen LogP contribution in [0.3, 0.4) is 0 Å². The lowest BCUT2D eigenvalue weighted by Gasteiger charge is -2.31. The molecule has 0 spiro atoms. The normalized spacial score (nSPS) is 12.3. The summed E-state index contributed by atoms with van der Waals surface area (Å²) in [7, 11) is -3.56. The summed E-state index contributed by atoms with van der Waals surface area (Å²) in [6.07, 6.45) is 1.93. The van der Waals surface area contributed by atoms with Crippen molar-refractivity contribution >= 4 is 50.7 Å². The minimum atomic E-state index is -3.56. The lowest BCUT2D eigenvalue weighted by molar-refractivity contribution is -0.141. The van der Waals surface area contributed by atoms with Gasteiger partial charge >= 0.3 is 0 Å². The zero-order valence-electron chi connectivity index (χ0n) is 20.5. The summed E-state index contributed by atoms with van der Waals surface area (Å²) in [6.45, 7) is 5.96. The SMILES string of the molecule is CC[C@H](C(=O)NC(C)C)N(Cc1ccc(Cl)cc1)C(=O)CCCN(c1ccc(Cl)cc1)S(C)(=O)=O. The number of nitrogens with one attached hydrogen (secondary N) is 1. The molecule has 0 aliphatic carbocycles. The molecular weight excluding hydrogens is 509 g/mol. The highest BCUT2D eigenvalue weighted by Gasteiger charge is 2.29. The number of halogens is 2. The number of carbonyl (C=O) groups excluding carboxylic acids is 2. The molecule has 0 heterocycles. The third kappa shape index (κ3) is 9.02. The molecule has 192 valence electrons. The van der Waals surface area contributed by atoms with Crippen molar-refractivity contribution < 1.29 is 18.0 Å². The van der Waals surface area contributed by atoms with E-state index < -0.39 is 16.1 Å². The van der Waals surface area contributed by atoms with Crippen LogP contribution in [0.1, 0.15) is 45.6 Å². The molecule has 2 amide bonds. The first-order chi connectivity index (χ1) is 16.4. The van der Waals surface area contributed by atoms with E-state index in [9.17, 15) is 18.0 Å². The minimum Gasteiger partial charge on any atom is -0.352 e. The molecule has 2 aromatic rings. The van der Waals surface area contributed by atoms with Crippen LogP contribution in [0.15, 0.2) is 48.5 Å². The molecule has 0 aliphatic rings. The van der Waals surface area contributed by atoms with E-state index in [1.807, 2.05) is 32.9 Å². The van der Waals surface area contributed by atoms with Crippen molar-refractivity contribution in [3.63, 3.8) is 0 Å². The van der Waals surface area contributed by atoms with E-state index in [-0.39, 0.29) is 43.8 Å². The van der Waals surface area contributed by atoms with E-state index in [4.69, 9.17) is 23.2 Å². The molecule has 1 atom stereocenters. The number of nitrogens with zero attached hydrogens (tertiary/aromatic N) is 2. The highest BCUT2D eigenvalue weighted by molar-refractivity contribution is 7.92. The maximum Gasteiger partial charge on any atom is 0.243 e. The Morgan fingerprint density at radius 1 is 0.971 bits per heavy atom. The fourth-order valence-corrected chi connectivity index (χ4v) is 4.92. The molecule has 0 fully saturated rings. The number of rotatable bonds is 12. The van der Waals surface area contributed by atoms with Gasteiger partial charge in [0.25, 0.3) is 0 Å². The van der Waals surface area contributed by atoms with Crippen LogP contribution in [0.5, 0.6) is 0 Å². The Bertz CT molecular complexity index is 1090. The van der Waals surface area contributed by atoms with Gasteiger partial charge in [0.05, 0.1) is 11.9 Å². The van der Waals surface area contributed by atoms with Crippen LogP contribution in [-0.2, 0) is 26.2 Å². The van der Waals surface area contributed by atoms with Crippen LogP contribution in [0, 0.1) is 0 Å². The zero-order chi connectivity index (χ0) is 26.2. The quantitative estimate of drug-likeness (QED) is 0.415. The summed E-state index contributed by atoms with van der Waals surface area (Å²) >= 11 is 11.9. The van der Waals surface area contributed by atoms with E-state index in [0.29, 0.717) is 22.2 Å². The Hall–Kier alpha value is -2.29. The topological polar surface area (TPSA) is 86.8 Å². The molecule has 0 saturated heterocycles. The molecule has 35 heavy (non-hydrogen) atoms. The molecule has 2 aromatic carbocycles. The Labute approximate surface area is 218 Å². The third-order valence-corrected chi connectivity index (χ3v) is 7.05. The lowest BCUT2D eigenvalue weighted by atomic mass is 10.1. The van der Waals surface area contributed by atoms with Crippen LogP contribution in [0.4, 0.5) is 5.69 Å². The van der Waals surface area contributed by atoms with Gasteiger partial charge in [0.2, 0.25) is 21.8 Å². The summed E-state index contributed by atoms with van der Waals surface area (Å²) in [6, 6.07) is 12.9. The molecule has 0 aliphatic heterocycles. The molecule has 10 heteroatoms. The van der Waals surface area contributed by atoms with E-state index in [1.54, 1.807) is 41.3 Å². The number of benzene rings is 2. The number of amides is 2. The predicted octanol–water partition coefficient (Wildman–Crippen LogP) is 4.87. The van der Waals surface area contributed by atoms with Crippen molar-refractivity contribution in [1.29, 1.82) is 0 Å². The summed E-state index contributed by atoms with van der Waals surface area (Å²) < 4.78 is 26.0. The van der Waals surface area contributed by atoms with Gasteiger partial charge in [0.15, 0.2) is 0 Å². The monoisotopic (exact) mass is 541 g/mol. The second kappa shape index (κ2) is 13.1. The highest BCUT2D eigenvalue weighted by atomic mass is 35.5. The number of hydrogen-bond acceptors (Lipinski definition) is 4. The van der Waals surface area contributed by atoms with Gasteiger partial charge < -0.3 is 10.2 Å². The van der Waals surface area contributed by atoms with Gasteiger partial charge in [-0.1, -0.05) is 42.3 Å². The van der Waals surface area contributed by atoms with Gasteiger partial charge in [-0.2, -0.15) is 0 Å². The maximum absolute atomic E-state index is 13.4. The van der Waals surface area contributed by atoms with E-state index in [0.717, 1.165) is 11.8 Å². The fourth-order valence-electron chi connectivity index (χ4n) is 3.70. The van der Waals surface area contributed by atoms with Gasteiger partial charge in [-0.15, -0.1) is 0 Å². The van der Waals surface area contributed by atoms with Gasteiger partial charge in [0.1, 0.15) is 6.04 Å². The molecular formula is C25H33Cl2N3O4S. The average molecular weight is 543 g/mol. The molecule has 1 N–H and O–H groups in total. The Balaban J connectivity index is 2.20. The fraction of sp³-hybridized carbons (Fsp3) is 0.440. The number of anilines is 1. The molecule has 2 rings (SSSR count). The van der Waals surface area contributed by atoms with Crippen molar-refractivity contribution in [2.24, 2.45) is 0 Å². The summed E-state index contributed by atoms with van der Waals surface area (Å²) in [5.74, 6) is -0.445. The molecule has 0 bridgehead atoms. The Morgan fingerprint density at radius 2 is 1.51 bits per heavy atom. The van der Waals surface area contributed by atoms with Crippen LogP contribution in [0.25, 0.3) is 0 Å². The van der Waals surface area contributed by atoms with Gasteiger partial charge in [-0.3, -0.25) is 13.9 Å². The highest BCUT2D eigenvalue weighted by Crippen LogP contribution is 2.22. The van der Waals surface area contributed by atoms with Crippen LogP contribution in [-0.4, -0.2) is 50.0 Å². The first kappa shape index (κ1) is 28.9. The molecule has 0 unspecified atom stereocenters. The number of hydrogen-bond donors (Lipinski definition) is 1. The Morgan fingerprint density at radius 3 is 2.00 bits per heavy atom. The smallest absolute Gasteiger partial charge is 0.243 e. The van der Waals surface area contributed by atoms with E-state index in [2.05, 4.69) is 5.32 Å². The molecule has 0 radical (unpaired) electrons. The van der Waals surface area contributed by atoms with Crippen molar-refractivity contribution in [3.8, 4) is 0 Å². The predicted molar refractivity (Wildman–Crippen MR) is 142 cm³/mol. The van der Waals surface area contributed by atoms with Gasteiger partial charge in [-0.05, 0) is 68.7 Å². The van der Waals surface area contributed by atoms with E-state index >= 15 is 0 Å². The third-order valence-electron chi connectivity index (χ3n) is 5.35. The first-order valence-corrected chi connectivity index (χ1v) is 14.1. The van der Waals surface area contributed by atoms with Gasteiger partial charge in [0, 0.05) is 35.6 Å². The molecule has 7 nitrogen and oxygen atoms in total. The van der Waals surface area contributed by atoms with Crippen LogP contribution < -0.4 is 9.62 Å². The second-order valence-corrected chi connectivity index (χ2v) is 11.4. The molecule has 0 saturated carbocycles. The number of sulfonamides is 1. The summed E-state index contributed by atoms with van der Waals surface area (Å²) in [5, 5.41) is 3.98. The minimum absolute atomic E-state index is 0.0632. The lowest BCUT2D eigenvalue weighted by Crippen LogP contribution is -2.50. The maximum atomic E-state index is 13.4. The van der Waals surface area contributed by atoms with Crippen molar-refractivity contribution in [3.05, 3.63) is 64.1 Å². The van der Waals surface area contributed by atoms with Crippen molar-refractivity contribution in [1.82, 2.24) is 10.2 Å². The Kier molecular flexibility index (Phi) is 10.9. The first-order valence-electron chi connectivity index (χ1n) is 11.5. The zero-order valence-corrected chi connectivity index (χ0v) is 22.8. The number of carbonyl (C=O) groups is 2. The van der Waals surface area contributed by atoms with Crippen LogP contribution in [0.2, 0.25) is 10.0 Å². The van der Waals surface area contributed by atoms with Crippen LogP contribution >= 0.6 is 23.2 Å². The summed E-state index contributed by atoms with van der Waals surface area (Å²) in [5.41, 5.74) is 1.32.